The quantitative estimate of drug-likeness (QED) is 0.363. The van der Waals surface area contributed by atoms with E-state index < -0.39 is 15.9 Å². The van der Waals surface area contributed by atoms with Gasteiger partial charge in [-0.3, -0.25) is 9.52 Å². The van der Waals surface area contributed by atoms with E-state index in [1.165, 1.54) is 7.11 Å². The van der Waals surface area contributed by atoms with Crippen LogP contribution in [-0.2, 0) is 15.4 Å². The number of hydrogen-bond donors (Lipinski definition) is 2. The molecule has 2 aromatic carbocycles. The number of nitrogens with zero attached hydrogens (tertiary/aromatic N) is 4. The second-order valence-electron chi connectivity index (χ2n) is 11.8. The van der Waals surface area contributed by atoms with Gasteiger partial charge < -0.3 is 24.6 Å². The van der Waals surface area contributed by atoms with E-state index in [1.807, 2.05) is 34.7 Å². The summed E-state index contributed by atoms with van der Waals surface area (Å²) in [6, 6.07) is 10.7. The van der Waals surface area contributed by atoms with Crippen LogP contribution in [0.5, 0.6) is 17.4 Å². The van der Waals surface area contributed by atoms with Crippen LogP contribution in [0.4, 0.5) is 17.3 Å². The smallest absolute Gasteiger partial charge is 0.255 e. The van der Waals surface area contributed by atoms with Crippen molar-refractivity contribution >= 4 is 33.3 Å². The molecule has 0 aliphatic carbocycles. The third-order valence-corrected chi connectivity index (χ3v) is 7.81. The van der Waals surface area contributed by atoms with Crippen LogP contribution in [0.2, 0.25) is 0 Å². The number of rotatable bonds is 9. The van der Waals surface area contributed by atoms with Crippen molar-refractivity contribution in [3.05, 3.63) is 59.3 Å². The number of likely N-dealkylation sites (tertiary alicyclic amines) is 1. The summed E-state index contributed by atoms with van der Waals surface area (Å²) in [7, 11) is 1.91. The summed E-state index contributed by atoms with van der Waals surface area (Å²) in [5.41, 5.74) is 2.23. The van der Waals surface area contributed by atoms with Crippen molar-refractivity contribution in [1.82, 2.24) is 14.9 Å². The molecule has 1 fully saturated rings. The first-order chi connectivity index (χ1) is 19.6. The normalized spacial score (nSPS) is 15.8. The molecule has 3 aromatic rings. The average molecular weight is 597 g/mol. The average Bonchev–Trinajstić information content (AvgIpc) is 3.34. The zero-order valence-corrected chi connectivity index (χ0v) is 26.3. The van der Waals surface area contributed by atoms with Crippen molar-refractivity contribution < 1.29 is 22.7 Å². The summed E-state index contributed by atoms with van der Waals surface area (Å²) in [6.07, 6.45) is 3.76. The summed E-state index contributed by atoms with van der Waals surface area (Å²) < 4.78 is 38.3. The van der Waals surface area contributed by atoms with Gasteiger partial charge in [-0.1, -0.05) is 26.8 Å². The molecule has 1 aromatic heterocycles. The number of aromatic nitrogens is 2. The monoisotopic (exact) mass is 596 g/mol. The molecule has 1 saturated heterocycles. The zero-order chi connectivity index (χ0) is 30.8. The van der Waals surface area contributed by atoms with E-state index in [0.29, 0.717) is 34.9 Å². The van der Waals surface area contributed by atoms with Crippen molar-refractivity contribution in [2.24, 2.45) is 0 Å². The van der Waals surface area contributed by atoms with E-state index >= 15 is 0 Å². The number of hydrogen-bond acceptors (Lipinski definition) is 9. The van der Waals surface area contributed by atoms with E-state index in [-0.39, 0.29) is 16.9 Å². The number of amides is 1. The minimum Gasteiger partial charge on any atom is -0.492 e. The Morgan fingerprint density at radius 2 is 1.86 bits per heavy atom. The number of nitrogens with one attached hydrogen (secondary N) is 2. The van der Waals surface area contributed by atoms with Gasteiger partial charge in [-0.25, -0.2) is 13.4 Å². The van der Waals surface area contributed by atoms with Crippen LogP contribution in [-0.4, -0.2) is 75.8 Å². The van der Waals surface area contributed by atoms with Gasteiger partial charge in [0.1, 0.15) is 5.75 Å². The van der Waals surface area contributed by atoms with Crippen LogP contribution in [0.15, 0.2) is 42.6 Å². The maximum absolute atomic E-state index is 13.5. The molecular weight excluding hydrogens is 556 g/mol. The highest BCUT2D eigenvalue weighted by atomic mass is 32.2. The molecule has 1 aliphatic heterocycles. The lowest BCUT2D eigenvalue weighted by molar-refractivity contribution is 0.102. The predicted molar refractivity (Wildman–Crippen MR) is 166 cm³/mol. The Hall–Kier alpha value is -3.90. The van der Waals surface area contributed by atoms with Crippen LogP contribution in [0.3, 0.4) is 0 Å². The Bertz CT molecular complexity index is 1570. The lowest BCUT2D eigenvalue weighted by atomic mass is 9.86. The van der Waals surface area contributed by atoms with Crippen LogP contribution in [0.25, 0.3) is 0 Å². The number of aryl methyl sites for hydroxylation is 1. The summed E-state index contributed by atoms with van der Waals surface area (Å²) in [6.45, 7) is 9.85. The number of anilines is 3. The highest BCUT2D eigenvalue weighted by molar-refractivity contribution is 7.92. The Morgan fingerprint density at radius 3 is 2.48 bits per heavy atom. The molecule has 0 bridgehead atoms. The van der Waals surface area contributed by atoms with Crippen molar-refractivity contribution in [3.8, 4) is 17.4 Å². The van der Waals surface area contributed by atoms with Gasteiger partial charge in [0.05, 0.1) is 24.7 Å². The molecule has 12 heteroatoms. The van der Waals surface area contributed by atoms with Gasteiger partial charge in [0.15, 0.2) is 5.75 Å². The Balaban J connectivity index is 1.60. The number of sulfonamides is 1. The molecule has 4 rings (SSSR count). The topological polar surface area (TPSA) is 126 Å². The van der Waals surface area contributed by atoms with Gasteiger partial charge in [0, 0.05) is 37.5 Å². The molecule has 2 N–H and O–H groups in total. The van der Waals surface area contributed by atoms with Crippen molar-refractivity contribution in [2.45, 2.75) is 45.6 Å². The third kappa shape index (κ3) is 7.48. The summed E-state index contributed by atoms with van der Waals surface area (Å²) in [5, 5.41) is 2.90. The summed E-state index contributed by atoms with van der Waals surface area (Å²) >= 11 is 0. The number of carbonyl (C=O) groups is 1. The second-order valence-corrected chi connectivity index (χ2v) is 13.5. The van der Waals surface area contributed by atoms with E-state index in [4.69, 9.17) is 9.47 Å². The Kier molecular flexibility index (Phi) is 8.98. The molecule has 1 atom stereocenters. The summed E-state index contributed by atoms with van der Waals surface area (Å²) in [4.78, 5) is 26.9. The number of carbonyl (C=O) groups excluding carboxylic acids is 1. The van der Waals surface area contributed by atoms with Crippen LogP contribution < -0.4 is 24.4 Å². The Labute approximate surface area is 248 Å². The first kappa shape index (κ1) is 31.0. The lowest BCUT2D eigenvalue weighted by Crippen LogP contribution is -2.34. The van der Waals surface area contributed by atoms with Crippen molar-refractivity contribution in [1.29, 1.82) is 0 Å². The largest absolute Gasteiger partial charge is 0.492 e. The minimum atomic E-state index is -3.60. The molecular formula is C30H40N6O5S. The van der Waals surface area contributed by atoms with Crippen LogP contribution >= 0.6 is 0 Å². The van der Waals surface area contributed by atoms with Gasteiger partial charge in [0.25, 0.3) is 5.91 Å². The fourth-order valence-corrected chi connectivity index (χ4v) is 5.31. The highest BCUT2D eigenvalue weighted by Crippen LogP contribution is 2.39. The van der Waals surface area contributed by atoms with Gasteiger partial charge in [-0.2, -0.15) is 4.98 Å². The Morgan fingerprint density at radius 1 is 1.14 bits per heavy atom. The predicted octanol–water partition coefficient (Wildman–Crippen LogP) is 4.65. The van der Waals surface area contributed by atoms with Gasteiger partial charge in [-0.05, 0) is 67.7 Å². The van der Waals surface area contributed by atoms with E-state index in [1.54, 1.807) is 42.6 Å². The molecule has 1 amide bonds. The molecule has 42 heavy (non-hydrogen) atoms. The maximum atomic E-state index is 13.5. The van der Waals surface area contributed by atoms with Gasteiger partial charge in [-0.15, -0.1) is 0 Å². The van der Waals surface area contributed by atoms with Crippen LogP contribution in [0, 0.1) is 6.92 Å². The van der Waals surface area contributed by atoms with Crippen LogP contribution in [0.1, 0.15) is 48.7 Å². The number of benzene rings is 2. The number of ether oxygens (including phenoxy) is 2. The molecule has 2 heterocycles. The van der Waals surface area contributed by atoms with Crippen molar-refractivity contribution in [2.75, 3.05) is 55.5 Å². The SMILES string of the molecule is COc1c(NC(=O)c2ccc(C)c(Oc3ccnc(N(C)C4CCN(C)C4)n3)c2)cc(C(C)(C)C)cc1NS(C)(=O)=O. The second kappa shape index (κ2) is 12.1. The van der Waals surface area contributed by atoms with E-state index in [2.05, 4.69) is 36.9 Å². The third-order valence-electron chi connectivity index (χ3n) is 7.21. The van der Waals surface area contributed by atoms with E-state index in [0.717, 1.165) is 36.9 Å². The van der Waals surface area contributed by atoms with Gasteiger partial charge in [0.2, 0.25) is 21.9 Å². The molecule has 1 aliphatic rings. The first-order valence-corrected chi connectivity index (χ1v) is 15.6. The molecule has 0 spiro atoms. The molecule has 0 radical (unpaired) electrons. The van der Waals surface area contributed by atoms with E-state index in [9.17, 15) is 13.2 Å². The fourth-order valence-electron chi connectivity index (χ4n) is 4.76. The summed E-state index contributed by atoms with van der Waals surface area (Å²) in [5.74, 6) is 1.21. The maximum Gasteiger partial charge on any atom is 0.255 e. The number of likely N-dealkylation sites (N-methyl/N-ethyl adjacent to an activating group) is 2. The molecule has 1 unspecified atom stereocenters. The molecule has 0 saturated carbocycles. The standard InChI is InChI=1S/C30H40N6O5S/c1-19-9-10-20(15-25(19)41-26-11-13-31-29(33-26)36(6)22-12-14-35(5)18-22)28(37)32-23-16-21(30(2,3)4)17-24(27(23)40-7)34-42(8,38)39/h9-11,13,15-17,22,34H,12,14,18H2,1-8H3,(H,32,37). The number of methoxy groups -OCH3 is 1. The highest BCUT2D eigenvalue weighted by Gasteiger charge is 2.26. The van der Waals surface area contributed by atoms with Crippen molar-refractivity contribution in [3.63, 3.8) is 0 Å². The lowest BCUT2D eigenvalue weighted by Gasteiger charge is -2.24. The molecule has 226 valence electrons. The first-order valence-electron chi connectivity index (χ1n) is 13.7. The fraction of sp³-hybridized carbons (Fsp3) is 0.433. The van der Waals surface area contributed by atoms with Gasteiger partial charge >= 0.3 is 0 Å². The zero-order valence-electron chi connectivity index (χ0n) is 25.5. The minimum absolute atomic E-state index is 0.205. The molecule has 11 nitrogen and oxygen atoms in total.